The molecule has 3 rings (SSSR count). The monoisotopic (exact) mass is 417 g/mol. The lowest BCUT2D eigenvalue weighted by atomic mass is 10.0. The fourth-order valence-corrected chi connectivity index (χ4v) is 4.18. The number of nitrogens with zero attached hydrogens (tertiary/aromatic N) is 1. The Morgan fingerprint density at radius 3 is 2.50 bits per heavy atom. The van der Waals surface area contributed by atoms with Gasteiger partial charge in [0.05, 0.1) is 5.56 Å². The van der Waals surface area contributed by atoms with Gasteiger partial charge in [-0.05, 0) is 68.1 Å². The number of thioether (sulfide) groups is 1. The van der Waals surface area contributed by atoms with Crippen molar-refractivity contribution in [3.8, 4) is 0 Å². The van der Waals surface area contributed by atoms with Crippen LogP contribution in [0.25, 0.3) is 0 Å². The van der Waals surface area contributed by atoms with Crippen molar-refractivity contribution in [2.24, 2.45) is 0 Å². The first-order valence-corrected chi connectivity index (χ1v) is 10.8. The van der Waals surface area contributed by atoms with E-state index in [9.17, 15) is 9.59 Å². The van der Waals surface area contributed by atoms with E-state index in [0.29, 0.717) is 5.56 Å². The molecular weight excluding hydrogens is 394 g/mol. The van der Waals surface area contributed by atoms with E-state index >= 15 is 0 Å². The maximum atomic E-state index is 12.3. The van der Waals surface area contributed by atoms with Crippen molar-refractivity contribution >= 4 is 35.2 Å². The van der Waals surface area contributed by atoms with Crippen molar-refractivity contribution in [1.29, 1.82) is 0 Å². The van der Waals surface area contributed by atoms with Crippen LogP contribution in [0.3, 0.4) is 0 Å². The normalized spacial score (nSPS) is 16.6. The topological polar surface area (TPSA) is 46.6 Å². The fraction of sp³-hybridized carbons (Fsp3) is 0.364. The SMILES string of the molecule is C[C@@H]1CCCCN1C(=O)COC(=O)c1ccc(CSc2ccc(Cl)cc2)cc1. The molecule has 0 saturated carbocycles. The molecule has 0 aromatic heterocycles. The first kappa shape index (κ1) is 20.7. The second kappa shape index (κ2) is 9.99. The van der Waals surface area contributed by atoms with Gasteiger partial charge >= 0.3 is 5.97 Å². The number of hydrogen-bond donors (Lipinski definition) is 0. The van der Waals surface area contributed by atoms with E-state index in [0.717, 1.165) is 47.0 Å². The Morgan fingerprint density at radius 2 is 1.82 bits per heavy atom. The summed E-state index contributed by atoms with van der Waals surface area (Å²) in [5.41, 5.74) is 1.56. The quantitative estimate of drug-likeness (QED) is 0.479. The minimum Gasteiger partial charge on any atom is -0.452 e. The van der Waals surface area contributed by atoms with Crippen molar-refractivity contribution in [1.82, 2.24) is 4.90 Å². The molecule has 0 bridgehead atoms. The number of hydrogen-bond acceptors (Lipinski definition) is 4. The van der Waals surface area contributed by atoms with Gasteiger partial charge in [-0.1, -0.05) is 23.7 Å². The third-order valence-electron chi connectivity index (χ3n) is 4.86. The Kier molecular flexibility index (Phi) is 7.40. The van der Waals surface area contributed by atoms with Gasteiger partial charge in [-0.2, -0.15) is 0 Å². The van der Waals surface area contributed by atoms with Gasteiger partial charge in [-0.3, -0.25) is 4.79 Å². The first-order chi connectivity index (χ1) is 13.5. The number of esters is 1. The lowest BCUT2D eigenvalue weighted by Gasteiger charge is -2.33. The highest BCUT2D eigenvalue weighted by atomic mass is 35.5. The third-order valence-corrected chi connectivity index (χ3v) is 6.19. The second-order valence-electron chi connectivity index (χ2n) is 6.95. The van der Waals surface area contributed by atoms with Crippen LogP contribution in [-0.4, -0.2) is 36.0 Å². The Bertz CT molecular complexity index is 808. The molecule has 2 aromatic carbocycles. The van der Waals surface area contributed by atoms with Gasteiger partial charge in [0.2, 0.25) is 0 Å². The molecule has 1 fully saturated rings. The van der Waals surface area contributed by atoms with Gasteiger partial charge < -0.3 is 9.64 Å². The highest BCUT2D eigenvalue weighted by Gasteiger charge is 2.24. The zero-order valence-corrected chi connectivity index (χ0v) is 17.5. The van der Waals surface area contributed by atoms with Crippen LogP contribution in [0.1, 0.15) is 42.1 Å². The molecule has 1 heterocycles. The number of benzene rings is 2. The van der Waals surface area contributed by atoms with Crippen LogP contribution in [0, 0.1) is 0 Å². The van der Waals surface area contributed by atoms with Crippen LogP contribution >= 0.6 is 23.4 Å². The molecule has 0 unspecified atom stereocenters. The molecule has 0 N–H and O–H groups in total. The average Bonchev–Trinajstić information content (AvgIpc) is 2.72. The first-order valence-electron chi connectivity index (χ1n) is 9.47. The van der Waals surface area contributed by atoms with E-state index in [4.69, 9.17) is 16.3 Å². The smallest absolute Gasteiger partial charge is 0.338 e. The standard InChI is InChI=1S/C22H24ClNO3S/c1-16-4-2-3-13-24(16)21(25)14-27-22(26)18-7-5-17(6-8-18)15-28-20-11-9-19(23)10-12-20/h5-12,16H,2-4,13-15H2,1H3/t16-/m1/s1. The van der Waals surface area contributed by atoms with E-state index in [-0.39, 0.29) is 18.6 Å². The number of carbonyl (C=O) groups is 2. The molecule has 1 amide bonds. The van der Waals surface area contributed by atoms with E-state index in [1.165, 1.54) is 0 Å². The maximum Gasteiger partial charge on any atom is 0.338 e. The van der Waals surface area contributed by atoms with Crippen LogP contribution < -0.4 is 0 Å². The largest absolute Gasteiger partial charge is 0.452 e. The van der Waals surface area contributed by atoms with Crippen LogP contribution in [0.4, 0.5) is 0 Å². The van der Waals surface area contributed by atoms with Gasteiger partial charge in [-0.15, -0.1) is 11.8 Å². The summed E-state index contributed by atoms with van der Waals surface area (Å²) in [6.07, 6.45) is 3.17. The molecule has 4 nitrogen and oxygen atoms in total. The molecular formula is C22H24ClNO3S. The zero-order chi connectivity index (χ0) is 19.9. The summed E-state index contributed by atoms with van der Waals surface area (Å²) < 4.78 is 5.22. The summed E-state index contributed by atoms with van der Waals surface area (Å²) in [6, 6.07) is 15.2. The predicted octanol–water partition coefficient (Wildman–Crippen LogP) is 5.19. The number of piperidine rings is 1. The van der Waals surface area contributed by atoms with E-state index in [2.05, 4.69) is 0 Å². The highest BCUT2D eigenvalue weighted by Crippen LogP contribution is 2.24. The maximum absolute atomic E-state index is 12.3. The molecule has 0 spiro atoms. The Balaban J connectivity index is 1.47. The Labute approximate surface area is 175 Å². The Hall–Kier alpha value is -1.98. The number of amides is 1. The van der Waals surface area contributed by atoms with Crippen LogP contribution in [0.15, 0.2) is 53.4 Å². The van der Waals surface area contributed by atoms with Gasteiger partial charge in [-0.25, -0.2) is 4.79 Å². The van der Waals surface area contributed by atoms with Gasteiger partial charge in [0.15, 0.2) is 6.61 Å². The summed E-state index contributed by atoms with van der Waals surface area (Å²) in [5.74, 6) is 0.217. The summed E-state index contributed by atoms with van der Waals surface area (Å²) in [4.78, 5) is 27.5. The lowest BCUT2D eigenvalue weighted by molar-refractivity contribution is -0.137. The minimum absolute atomic E-state index is 0.114. The molecule has 6 heteroatoms. The van der Waals surface area contributed by atoms with Crippen molar-refractivity contribution in [2.75, 3.05) is 13.2 Å². The summed E-state index contributed by atoms with van der Waals surface area (Å²) in [5, 5.41) is 0.723. The van der Waals surface area contributed by atoms with Crippen molar-refractivity contribution in [3.05, 3.63) is 64.7 Å². The van der Waals surface area contributed by atoms with E-state index in [1.54, 1.807) is 23.9 Å². The average molecular weight is 418 g/mol. The molecule has 0 radical (unpaired) electrons. The van der Waals surface area contributed by atoms with Crippen LogP contribution in [-0.2, 0) is 15.3 Å². The van der Waals surface area contributed by atoms with Crippen molar-refractivity contribution in [3.63, 3.8) is 0 Å². The number of halogens is 1. The third kappa shape index (κ3) is 5.76. The molecule has 1 aliphatic heterocycles. The number of rotatable bonds is 6. The number of ether oxygens (including phenoxy) is 1. The number of likely N-dealkylation sites (tertiary alicyclic amines) is 1. The minimum atomic E-state index is -0.463. The zero-order valence-electron chi connectivity index (χ0n) is 15.9. The summed E-state index contributed by atoms with van der Waals surface area (Å²) in [7, 11) is 0. The highest BCUT2D eigenvalue weighted by molar-refractivity contribution is 7.98. The number of carbonyl (C=O) groups excluding carboxylic acids is 2. The van der Waals surface area contributed by atoms with Crippen LogP contribution in [0.2, 0.25) is 5.02 Å². The van der Waals surface area contributed by atoms with Gasteiger partial charge in [0.25, 0.3) is 5.91 Å². The van der Waals surface area contributed by atoms with Crippen molar-refractivity contribution in [2.45, 2.75) is 42.9 Å². The fourth-order valence-electron chi connectivity index (χ4n) is 3.20. The van der Waals surface area contributed by atoms with E-state index < -0.39 is 5.97 Å². The molecule has 2 aromatic rings. The van der Waals surface area contributed by atoms with Crippen molar-refractivity contribution < 1.29 is 14.3 Å². The molecule has 1 saturated heterocycles. The summed E-state index contributed by atoms with van der Waals surface area (Å²) >= 11 is 7.60. The van der Waals surface area contributed by atoms with Gasteiger partial charge in [0, 0.05) is 28.3 Å². The molecule has 1 aliphatic rings. The molecule has 28 heavy (non-hydrogen) atoms. The molecule has 1 atom stereocenters. The summed E-state index contributed by atoms with van der Waals surface area (Å²) in [6.45, 7) is 2.59. The Morgan fingerprint density at radius 1 is 1.11 bits per heavy atom. The lowest BCUT2D eigenvalue weighted by Crippen LogP contribution is -2.44. The second-order valence-corrected chi connectivity index (χ2v) is 8.43. The van der Waals surface area contributed by atoms with Crippen LogP contribution in [0.5, 0.6) is 0 Å². The molecule has 148 valence electrons. The van der Waals surface area contributed by atoms with E-state index in [1.807, 2.05) is 48.2 Å². The predicted molar refractivity (Wildman–Crippen MR) is 113 cm³/mol. The molecule has 0 aliphatic carbocycles. The van der Waals surface area contributed by atoms with Gasteiger partial charge in [0.1, 0.15) is 0 Å².